The van der Waals surface area contributed by atoms with Gasteiger partial charge in [-0.05, 0) is 18.2 Å². The number of benzene rings is 1. The Morgan fingerprint density at radius 3 is 2.83 bits per heavy atom. The first-order valence-electron chi connectivity index (χ1n) is 5.76. The first-order valence-corrected chi connectivity index (χ1v) is 6.77. The van der Waals surface area contributed by atoms with Crippen molar-refractivity contribution in [3.63, 3.8) is 0 Å². The van der Waals surface area contributed by atoms with Crippen molar-refractivity contribution >= 4 is 29.9 Å². The van der Waals surface area contributed by atoms with Crippen molar-refractivity contribution < 1.29 is 9.66 Å². The Bertz CT molecular complexity index is 414. The summed E-state index contributed by atoms with van der Waals surface area (Å²) in [5.41, 5.74) is -0.100. The molecular formula is C12H16ClNO3S. The van der Waals surface area contributed by atoms with Crippen LogP contribution in [0.3, 0.4) is 0 Å². The highest BCUT2D eigenvalue weighted by Crippen LogP contribution is 2.34. The minimum atomic E-state index is -0.489. The SMILES string of the molecule is CCCC(CS)COc1c(Cl)cccc1[N+](=O)[O-]. The van der Waals surface area contributed by atoms with Gasteiger partial charge in [0.25, 0.3) is 0 Å². The molecule has 0 aromatic heterocycles. The molecule has 1 aromatic rings. The number of thiol groups is 1. The van der Waals surface area contributed by atoms with Crippen LogP contribution in [0.15, 0.2) is 18.2 Å². The largest absolute Gasteiger partial charge is 0.485 e. The monoisotopic (exact) mass is 289 g/mol. The predicted molar refractivity (Wildman–Crippen MR) is 75.9 cm³/mol. The van der Waals surface area contributed by atoms with E-state index in [1.54, 1.807) is 6.07 Å². The van der Waals surface area contributed by atoms with Gasteiger partial charge in [-0.1, -0.05) is 31.0 Å². The van der Waals surface area contributed by atoms with Gasteiger partial charge in [0.2, 0.25) is 5.75 Å². The fraction of sp³-hybridized carbons (Fsp3) is 0.500. The zero-order valence-corrected chi connectivity index (χ0v) is 11.8. The predicted octanol–water partition coefficient (Wildman–Crippen LogP) is 3.97. The molecule has 100 valence electrons. The van der Waals surface area contributed by atoms with Crippen LogP contribution in [0.2, 0.25) is 5.02 Å². The first kappa shape index (κ1) is 15.1. The standard InChI is InChI=1S/C12H16ClNO3S/c1-2-4-9(8-18)7-17-12-10(13)5-3-6-11(12)14(15)16/h3,5-6,9,18H,2,4,7-8H2,1H3. The van der Waals surface area contributed by atoms with Crippen molar-refractivity contribution in [3.8, 4) is 5.75 Å². The fourth-order valence-electron chi connectivity index (χ4n) is 1.62. The summed E-state index contributed by atoms with van der Waals surface area (Å²) in [6.45, 7) is 2.47. The maximum atomic E-state index is 10.9. The average Bonchev–Trinajstić information content (AvgIpc) is 2.35. The Balaban J connectivity index is 2.80. The van der Waals surface area contributed by atoms with E-state index in [0.29, 0.717) is 12.4 Å². The molecule has 1 unspecified atom stereocenters. The molecular weight excluding hydrogens is 274 g/mol. The van der Waals surface area contributed by atoms with Crippen LogP contribution in [0.1, 0.15) is 19.8 Å². The third-order valence-corrected chi connectivity index (χ3v) is 3.38. The van der Waals surface area contributed by atoms with E-state index >= 15 is 0 Å². The summed E-state index contributed by atoms with van der Waals surface area (Å²) >= 11 is 10.2. The van der Waals surface area contributed by atoms with Crippen molar-refractivity contribution in [1.82, 2.24) is 0 Å². The molecule has 0 saturated heterocycles. The van der Waals surface area contributed by atoms with E-state index in [1.165, 1.54) is 12.1 Å². The molecule has 0 heterocycles. The van der Waals surface area contributed by atoms with Gasteiger partial charge in [0.15, 0.2) is 0 Å². The summed E-state index contributed by atoms with van der Waals surface area (Å²) in [4.78, 5) is 10.4. The van der Waals surface area contributed by atoms with Crippen LogP contribution in [-0.4, -0.2) is 17.3 Å². The summed E-state index contributed by atoms with van der Waals surface area (Å²) in [7, 11) is 0. The third kappa shape index (κ3) is 4.07. The van der Waals surface area contributed by atoms with Crippen LogP contribution < -0.4 is 4.74 Å². The van der Waals surface area contributed by atoms with Gasteiger partial charge in [0.05, 0.1) is 16.6 Å². The quantitative estimate of drug-likeness (QED) is 0.469. The van der Waals surface area contributed by atoms with Crippen LogP contribution in [0.25, 0.3) is 0 Å². The van der Waals surface area contributed by atoms with Gasteiger partial charge < -0.3 is 4.74 Å². The highest BCUT2D eigenvalue weighted by Gasteiger charge is 2.19. The zero-order chi connectivity index (χ0) is 13.5. The van der Waals surface area contributed by atoms with Gasteiger partial charge in [-0.3, -0.25) is 10.1 Å². The van der Waals surface area contributed by atoms with Crippen LogP contribution in [0.4, 0.5) is 5.69 Å². The number of ether oxygens (including phenoxy) is 1. The fourth-order valence-corrected chi connectivity index (χ4v) is 2.13. The third-order valence-electron chi connectivity index (χ3n) is 2.56. The summed E-state index contributed by atoms with van der Waals surface area (Å²) < 4.78 is 5.51. The normalized spacial score (nSPS) is 12.2. The van der Waals surface area contributed by atoms with Crippen LogP contribution in [-0.2, 0) is 0 Å². The summed E-state index contributed by atoms with van der Waals surface area (Å²) in [5, 5.41) is 11.1. The van der Waals surface area contributed by atoms with Gasteiger partial charge >= 0.3 is 5.69 Å². The number of para-hydroxylation sites is 1. The number of nitrogens with zero attached hydrogens (tertiary/aromatic N) is 1. The van der Waals surface area contributed by atoms with E-state index in [1.807, 2.05) is 0 Å². The number of halogens is 1. The maximum Gasteiger partial charge on any atom is 0.312 e. The second-order valence-corrected chi connectivity index (χ2v) is 4.77. The zero-order valence-electron chi connectivity index (χ0n) is 10.1. The topological polar surface area (TPSA) is 52.4 Å². The van der Waals surface area contributed by atoms with Crippen LogP contribution in [0.5, 0.6) is 5.75 Å². The molecule has 0 spiro atoms. The van der Waals surface area contributed by atoms with E-state index < -0.39 is 4.92 Å². The van der Waals surface area contributed by atoms with Gasteiger partial charge in [0, 0.05) is 12.0 Å². The summed E-state index contributed by atoms with van der Waals surface area (Å²) in [6.07, 6.45) is 2.00. The minimum absolute atomic E-state index is 0.100. The molecule has 1 rings (SSSR count). The van der Waals surface area contributed by atoms with Gasteiger partial charge in [-0.2, -0.15) is 12.6 Å². The number of nitro groups is 1. The lowest BCUT2D eigenvalue weighted by Crippen LogP contribution is -2.14. The van der Waals surface area contributed by atoms with E-state index in [0.717, 1.165) is 12.8 Å². The smallest absolute Gasteiger partial charge is 0.312 e. The molecule has 0 aliphatic heterocycles. The van der Waals surface area contributed by atoms with Crippen molar-refractivity contribution in [2.75, 3.05) is 12.4 Å². The van der Waals surface area contributed by atoms with E-state index in [9.17, 15) is 10.1 Å². The Hall–Kier alpha value is -0.940. The summed E-state index contributed by atoms with van der Waals surface area (Å²) in [5.74, 6) is 1.10. The number of hydrogen-bond acceptors (Lipinski definition) is 4. The van der Waals surface area contributed by atoms with Gasteiger partial charge in [-0.15, -0.1) is 0 Å². The van der Waals surface area contributed by atoms with Crippen molar-refractivity contribution in [3.05, 3.63) is 33.3 Å². The lowest BCUT2D eigenvalue weighted by molar-refractivity contribution is -0.385. The van der Waals surface area contributed by atoms with E-state index in [2.05, 4.69) is 19.6 Å². The lowest BCUT2D eigenvalue weighted by Gasteiger charge is -2.15. The Morgan fingerprint density at radius 1 is 1.56 bits per heavy atom. The highest BCUT2D eigenvalue weighted by molar-refractivity contribution is 7.80. The molecule has 1 atom stereocenters. The second-order valence-electron chi connectivity index (χ2n) is 3.99. The molecule has 18 heavy (non-hydrogen) atoms. The average molecular weight is 290 g/mol. The maximum absolute atomic E-state index is 10.9. The molecule has 0 radical (unpaired) electrons. The Labute approximate surface area is 117 Å². The van der Waals surface area contributed by atoms with E-state index in [-0.39, 0.29) is 22.4 Å². The van der Waals surface area contributed by atoms with Gasteiger partial charge in [0.1, 0.15) is 0 Å². The van der Waals surface area contributed by atoms with Crippen LogP contribution >= 0.6 is 24.2 Å². The minimum Gasteiger partial charge on any atom is -0.485 e. The van der Waals surface area contributed by atoms with Crippen LogP contribution in [0, 0.1) is 16.0 Å². The van der Waals surface area contributed by atoms with Gasteiger partial charge in [-0.25, -0.2) is 0 Å². The molecule has 0 bridgehead atoms. The van der Waals surface area contributed by atoms with Crippen molar-refractivity contribution in [2.45, 2.75) is 19.8 Å². The van der Waals surface area contributed by atoms with Crippen molar-refractivity contribution in [2.24, 2.45) is 5.92 Å². The molecule has 6 heteroatoms. The molecule has 0 aliphatic rings. The Kier molecular flexibility index (Phi) is 6.29. The first-order chi connectivity index (χ1) is 8.60. The Morgan fingerprint density at radius 2 is 2.28 bits per heavy atom. The number of rotatable bonds is 7. The van der Waals surface area contributed by atoms with E-state index in [4.69, 9.17) is 16.3 Å². The lowest BCUT2D eigenvalue weighted by atomic mass is 10.1. The second kappa shape index (κ2) is 7.48. The molecule has 0 aliphatic carbocycles. The molecule has 0 amide bonds. The number of nitro benzene ring substituents is 1. The summed E-state index contributed by atoms with van der Waals surface area (Å²) in [6, 6.07) is 4.51. The molecule has 0 saturated carbocycles. The molecule has 0 fully saturated rings. The molecule has 1 aromatic carbocycles. The van der Waals surface area contributed by atoms with Crippen molar-refractivity contribution in [1.29, 1.82) is 0 Å². The highest BCUT2D eigenvalue weighted by atomic mass is 35.5. The number of hydrogen-bond donors (Lipinski definition) is 1. The molecule has 4 nitrogen and oxygen atoms in total. The molecule has 0 N–H and O–H groups in total.